The van der Waals surface area contributed by atoms with E-state index < -0.39 is 36.1 Å². The molecule has 1 rings (SSSR count). The highest BCUT2D eigenvalue weighted by atomic mass is 16.6. The summed E-state index contributed by atoms with van der Waals surface area (Å²) in [6.07, 6.45) is -1.47. The molecular formula is C16H21NO6. The first-order valence-electron chi connectivity index (χ1n) is 7.09. The van der Waals surface area contributed by atoms with Gasteiger partial charge in [-0.05, 0) is 26.3 Å². The van der Waals surface area contributed by atoms with Gasteiger partial charge in [0.2, 0.25) is 0 Å². The molecule has 0 radical (unpaired) electrons. The van der Waals surface area contributed by atoms with Crippen molar-refractivity contribution in [3.05, 3.63) is 35.9 Å². The third-order valence-corrected chi connectivity index (χ3v) is 2.57. The Morgan fingerprint density at radius 2 is 1.78 bits per heavy atom. The highest BCUT2D eigenvalue weighted by Gasteiger charge is 2.29. The van der Waals surface area contributed by atoms with Crippen molar-refractivity contribution >= 4 is 18.0 Å². The van der Waals surface area contributed by atoms with Crippen LogP contribution in [0.4, 0.5) is 4.79 Å². The summed E-state index contributed by atoms with van der Waals surface area (Å²) in [4.78, 5) is 34.5. The van der Waals surface area contributed by atoms with Crippen LogP contribution in [0, 0.1) is 0 Å². The van der Waals surface area contributed by atoms with Gasteiger partial charge in [-0.2, -0.15) is 0 Å². The van der Waals surface area contributed by atoms with E-state index in [-0.39, 0.29) is 6.61 Å². The Morgan fingerprint density at radius 3 is 2.30 bits per heavy atom. The lowest BCUT2D eigenvalue weighted by Crippen LogP contribution is -2.45. The number of hydrogen-bond donors (Lipinski definition) is 2. The molecule has 0 unspecified atom stereocenters. The number of carboxylic acid groups (broad SMARTS) is 1. The minimum absolute atomic E-state index is 0.0147. The lowest BCUT2D eigenvalue weighted by molar-refractivity contribution is -0.159. The minimum atomic E-state index is -1.31. The van der Waals surface area contributed by atoms with Gasteiger partial charge in [-0.15, -0.1) is 0 Å². The summed E-state index contributed by atoms with van der Waals surface area (Å²) < 4.78 is 10.1. The molecule has 0 aliphatic rings. The van der Waals surface area contributed by atoms with Crippen LogP contribution >= 0.6 is 0 Å². The van der Waals surface area contributed by atoms with E-state index >= 15 is 0 Å². The molecule has 0 fully saturated rings. The Kier molecular flexibility index (Phi) is 6.56. The number of alkyl carbamates (subject to hydrolysis) is 1. The van der Waals surface area contributed by atoms with Gasteiger partial charge in [-0.25, -0.2) is 9.59 Å². The number of benzene rings is 1. The van der Waals surface area contributed by atoms with Gasteiger partial charge in [0.05, 0.1) is 6.42 Å². The second-order valence-corrected chi connectivity index (χ2v) is 5.89. The molecule has 126 valence electrons. The largest absolute Gasteiger partial charge is 0.481 e. The quantitative estimate of drug-likeness (QED) is 0.777. The van der Waals surface area contributed by atoms with Crippen LogP contribution < -0.4 is 5.32 Å². The van der Waals surface area contributed by atoms with Gasteiger partial charge in [0.15, 0.2) is 0 Å². The van der Waals surface area contributed by atoms with Crippen LogP contribution in [-0.4, -0.2) is 34.8 Å². The van der Waals surface area contributed by atoms with Gasteiger partial charge < -0.3 is 19.9 Å². The van der Waals surface area contributed by atoms with Crippen LogP contribution in [0.25, 0.3) is 0 Å². The van der Waals surface area contributed by atoms with E-state index in [0.717, 1.165) is 5.56 Å². The van der Waals surface area contributed by atoms with Crippen molar-refractivity contribution in [3.63, 3.8) is 0 Å². The van der Waals surface area contributed by atoms with Crippen LogP contribution in [0.5, 0.6) is 0 Å². The monoisotopic (exact) mass is 323 g/mol. The Balaban J connectivity index is 2.60. The molecule has 1 aromatic rings. The molecule has 7 nitrogen and oxygen atoms in total. The smallest absolute Gasteiger partial charge is 0.408 e. The second kappa shape index (κ2) is 8.17. The molecule has 1 amide bonds. The zero-order valence-electron chi connectivity index (χ0n) is 13.4. The lowest BCUT2D eigenvalue weighted by Gasteiger charge is -2.23. The average Bonchev–Trinajstić information content (AvgIpc) is 2.43. The van der Waals surface area contributed by atoms with E-state index in [1.165, 1.54) is 0 Å². The molecule has 0 aromatic heterocycles. The van der Waals surface area contributed by atoms with Crippen LogP contribution in [0.2, 0.25) is 0 Å². The van der Waals surface area contributed by atoms with Crippen molar-refractivity contribution in [1.82, 2.24) is 5.32 Å². The van der Waals surface area contributed by atoms with Gasteiger partial charge in [-0.3, -0.25) is 4.79 Å². The summed E-state index contributed by atoms with van der Waals surface area (Å²) in [5.41, 5.74) is -0.0154. The molecule has 0 bridgehead atoms. The zero-order valence-corrected chi connectivity index (χ0v) is 13.4. The molecule has 0 saturated carbocycles. The fraction of sp³-hybridized carbons (Fsp3) is 0.438. The van der Waals surface area contributed by atoms with E-state index in [4.69, 9.17) is 14.6 Å². The Bertz CT molecular complexity index is 549. The highest BCUT2D eigenvalue weighted by Crippen LogP contribution is 2.10. The molecule has 0 aliphatic heterocycles. The molecule has 0 aliphatic carbocycles. The first kappa shape index (κ1) is 18.5. The summed E-state index contributed by atoms with van der Waals surface area (Å²) in [6, 6.07) is 7.66. The first-order valence-corrected chi connectivity index (χ1v) is 7.09. The number of nitrogens with one attached hydrogen (secondary N) is 1. The lowest BCUT2D eigenvalue weighted by atomic mass is 10.1. The molecule has 7 heteroatoms. The third kappa shape index (κ3) is 7.85. The normalized spacial score (nSPS) is 12.1. The van der Waals surface area contributed by atoms with Gasteiger partial charge in [0.25, 0.3) is 0 Å². The van der Waals surface area contributed by atoms with Crippen LogP contribution in [0.15, 0.2) is 30.3 Å². The van der Waals surface area contributed by atoms with Gasteiger partial charge in [-0.1, -0.05) is 30.3 Å². The SMILES string of the molecule is CC(C)(C)OC(=O)[C@H](CC(=O)O)NC(=O)OCc1ccccc1. The Morgan fingerprint density at radius 1 is 1.17 bits per heavy atom. The van der Waals surface area contributed by atoms with E-state index in [9.17, 15) is 14.4 Å². The molecule has 0 saturated heterocycles. The minimum Gasteiger partial charge on any atom is -0.481 e. The molecule has 0 heterocycles. The van der Waals surface area contributed by atoms with Crippen molar-refractivity contribution in [2.75, 3.05) is 0 Å². The Labute approximate surface area is 134 Å². The highest BCUT2D eigenvalue weighted by molar-refractivity contribution is 5.85. The van der Waals surface area contributed by atoms with Crippen LogP contribution in [-0.2, 0) is 25.7 Å². The van der Waals surface area contributed by atoms with Crippen LogP contribution in [0.1, 0.15) is 32.8 Å². The number of ether oxygens (including phenoxy) is 2. The number of amides is 1. The first-order chi connectivity index (χ1) is 10.7. The predicted molar refractivity (Wildman–Crippen MR) is 81.6 cm³/mol. The second-order valence-electron chi connectivity index (χ2n) is 5.89. The maximum atomic E-state index is 11.9. The summed E-state index contributed by atoms with van der Waals surface area (Å²) in [5, 5.41) is 11.1. The standard InChI is InChI=1S/C16H21NO6/c1-16(2,3)23-14(20)12(9-13(18)19)17-15(21)22-10-11-7-5-4-6-8-11/h4-8,12H,9-10H2,1-3H3,(H,17,21)(H,18,19)/t12-/m0/s1. The third-order valence-electron chi connectivity index (χ3n) is 2.57. The van der Waals surface area contributed by atoms with Crippen molar-refractivity contribution in [3.8, 4) is 0 Å². The maximum absolute atomic E-state index is 11.9. The van der Waals surface area contributed by atoms with Crippen molar-refractivity contribution in [2.24, 2.45) is 0 Å². The van der Waals surface area contributed by atoms with Gasteiger partial charge >= 0.3 is 18.0 Å². The number of rotatable bonds is 6. The number of esters is 1. The summed E-state index contributed by atoms with van der Waals surface area (Å²) in [7, 11) is 0. The number of aliphatic carboxylic acids is 1. The summed E-state index contributed by atoms with van der Waals surface area (Å²) in [5.74, 6) is -2.05. The fourth-order valence-electron chi connectivity index (χ4n) is 1.65. The maximum Gasteiger partial charge on any atom is 0.408 e. The van der Waals surface area contributed by atoms with Crippen molar-refractivity contribution < 1.29 is 29.0 Å². The zero-order chi connectivity index (χ0) is 17.5. The number of carbonyl (C=O) groups is 3. The van der Waals surface area contributed by atoms with E-state index in [2.05, 4.69) is 5.32 Å². The fourth-order valence-corrected chi connectivity index (χ4v) is 1.65. The molecule has 23 heavy (non-hydrogen) atoms. The molecule has 1 atom stereocenters. The van der Waals surface area contributed by atoms with Crippen molar-refractivity contribution in [2.45, 2.75) is 45.4 Å². The van der Waals surface area contributed by atoms with E-state index in [1.54, 1.807) is 45.0 Å². The number of carboxylic acids is 1. The molecule has 1 aromatic carbocycles. The topological polar surface area (TPSA) is 102 Å². The summed E-state index contributed by atoms with van der Waals surface area (Å²) >= 11 is 0. The number of carbonyl (C=O) groups excluding carboxylic acids is 2. The van der Waals surface area contributed by atoms with Gasteiger partial charge in [0, 0.05) is 0 Å². The van der Waals surface area contributed by atoms with E-state index in [1.807, 2.05) is 6.07 Å². The van der Waals surface area contributed by atoms with Crippen LogP contribution in [0.3, 0.4) is 0 Å². The number of hydrogen-bond acceptors (Lipinski definition) is 5. The van der Waals surface area contributed by atoms with Crippen molar-refractivity contribution in [1.29, 1.82) is 0 Å². The Hall–Kier alpha value is -2.57. The molecule has 0 spiro atoms. The average molecular weight is 323 g/mol. The van der Waals surface area contributed by atoms with E-state index in [0.29, 0.717) is 0 Å². The predicted octanol–water partition coefficient (Wildman–Crippen LogP) is 2.10. The van der Waals surface area contributed by atoms with Gasteiger partial charge in [0.1, 0.15) is 18.2 Å². The molecular weight excluding hydrogens is 302 g/mol. The summed E-state index contributed by atoms with van der Waals surface area (Å²) in [6.45, 7) is 4.96. The molecule has 2 N–H and O–H groups in total.